The average Bonchev–Trinajstić information content (AvgIpc) is 2.62. The molecule has 2 heterocycles. The van der Waals surface area contributed by atoms with Crippen molar-refractivity contribution in [2.75, 3.05) is 43.2 Å². The number of ether oxygens (including phenoxy) is 1. The highest BCUT2D eigenvalue weighted by molar-refractivity contribution is 5.64. The molecule has 2 aromatic rings. The fraction of sp³-hybridized carbons (Fsp3) is 0.444. The van der Waals surface area contributed by atoms with Gasteiger partial charge >= 0.3 is 0 Å². The molecule has 1 aromatic heterocycles. The number of anilines is 3. The van der Waals surface area contributed by atoms with Gasteiger partial charge in [-0.3, -0.25) is 0 Å². The Morgan fingerprint density at radius 2 is 1.83 bits per heavy atom. The summed E-state index contributed by atoms with van der Waals surface area (Å²) >= 11 is 0. The molecule has 5 heteroatoms. The van der Waals surface area contributed by atoms with E-state index in [2.05, 4.69) is 42.8 Å². The van der Waals surface area contributed by atoms with Gasteiger partial charge in [-0.15, -0.1) is 0 Å². The van der Waals surface area contributed by atoms with E-state index in [1.807, 2.05) is 18.2 Å². The number of hydrogen-bond acceptors (Lipinski definition) is 5. The molecule has 1 aromatic carbocycles. The van der Waals surface area contributed by atoms with Gasteiger partial charge in [-0.25, -0.2) is 4.98 Å². The number of nitrogens with zero attached hydrogens (tertiary/aromatic N) is 4. The standard InChI is InChI=1S/C18H24N4O/c1-4-16-14(2)19-18(22-10-12-23-13-11-22)20-17(16)21(3)15-8-6-5-7-9-15/h5-9H,4,10-13H2,1-3H3. The van der Waals surface area contributed by atoms with Crippen LogP contribution in [0.15, 0.2) is 30.3 Å². The quantitative estimate of drug-likeness (QED) is 0.868. The molecule has 0 bridgehead atoms. The van der Waals surface area contributed by atoms with Crippen molar-refractivity contribution in [1.82, 2.24) is 9.97 Å². The first-order valence-corrected chi connectivity index (χ1v) is 8.19. The Balaban J connectivity index is 2.01. The van der Waals surface area contributed by atoms with Gasteiger partial charge in [0.2, 0.25) is 5.95 Å². The second-order valence-corrected chi connectivity index (χ2v) is 5.76. The Kier molecular flexibility index (Phi) is 4.76. The van der Waals surface area contributed by atoms with Crippen LogP contribution < -0.4 is 9.80 Å². The third-order valence-electron chi connectivity index (χ3n) is 4.29. The monoisotopic (exact) mass is 312 g/mol. The van der Waals surface area contributed by atoms with Crippen molar-refractivity contribution in [3.63, 3.8) is 0 Å². The zero-order chi connectivity index (χ0) is 16.2. The first-order chi connectivity index (χ1) is 11.2. The molecule has 0 radical (unpaired) electrons. The van der Waals surface area contributed by atoms with Crippen LogP contribution in [0.1, 0.15) is 18.2 Å². The van der Waals surface area contributed by atoms with Gasteiger partial charge in [0, 0.05) is 37.1 Å². The number of rotatable bonds is 4. The number of aromatic nitrogens is 2. The zero-order valence-corrected chi connectivity index (χ0v) is 14.1. The maximum absolute atomic E-state index is 5.44. The van der Waals surface area contributed by atoms with Gasteiger partial charge < -0.3 is 14.5 Å². The van der Waals surface area contributed by atoms with Gasteiger partial charge in [-0.05, 0) is 25.5 Å². The van der Waals surface area contributed by atoms with Gasteiger partial charge in [-0.1, -0.05) is 25.1 Å². The summed E-state index contributed by atoms with van der Waals surface area (Å²) in [6.45, 7) is 7.40. The molecule has 23 heavy (non-hydrogen) atoms. The van der Waals surface area contributed by atoms with E-state index < -0.39 is 0 Å². The lowest BCUT2D eigenvalue weighted by Gasteiger charge is -2.29. The van der Waals surface area contributed by atoms with Crippen molar-refractivity contribution in [3.8, 4) is 0 Å². The molecule has 1 aliphatic rings. The van der Waals surface area contributed by atoms with Gasteiger partial charge in [0.25, 0.3) is 0 Å². The first-order valence-electron chi connectivity index (χ1n) is 8.19. The van der Waals surface area contributed by atoms with E-state index in [1.165, 1.54) is 5.56 Å². The van der Waals surface area contributed by atoms with Crippen LogP contribution >= 0.6 is 0 Å². The normalized spacial score (nSPS) is 14.8. The Bertz CT molecular complexity index is 654. The second kappa shape index (κ2) is 6.96. The molecule has 3 rings (SSSR count). The van der Waals surface area contributed by atoms with Crippen LogP contribution in [0.5, 0.6) is 0 Å². The molecule has 1 fully saturated rings. The van der Waals surface area contributed by atoms with Crippen LogP contribution in [-0.2, 0) is 11.2 Å². The van der Waals surface area contributed by atoms with Gasteiger partial charge in [0.05, 0.1) is 13.2 Å². The molecule has 122 valence electrons. The van der Waals surface area contributed by atoms with Gasteiger partial charge in [0.1, 0.15) is 5.82 Å². The van der Waals surface area contributed by atoms with Gasteiger partial charge in [-0.2, -0.15) is 4.98 Å². The number of benzene rings is 1. The van der Waals surface area contributed by atoms with Crippen molar-refractivity contribution < 1.29 is 4.74 Å². The average molecular weight is 312 g/mol. The summed E-state index contributed by atoms with van der Waals surface area (Å²) in [6.07, 6.45) is 0.918. The van der Waals surface area contributed by atoms with E-state index in [0.717, 1.165) is 55.9 Å². The van der Waals surface area contributed by atoms with Crippen LogP contribution in [0.2, 0.25) is 0 Å². The zero-order valence-electron chi connectivity index (χ0n) is 14.1. The molecule has 0 spiro atoms. The smallest absolute Gasteiger partial charge is 0.227 e. The molecular formula is C18H24N4O. The lowest BCUT2D eigenvalue weighted by atomic mass is 10.1. The Morgan fingerprint density at radius 3 is 2.48 bits per heavy atom. The molecule has 0 saturated carbocycles. The fourth-order valence-electron chi connectivity index (χ4n) is 2.94. The lowest BCUT2D eigenvalue weighted by Crippen LogP contribution is -2.37. The van der Waals surface area contributed by atoms with E-state index in [-0.39, 0.29) is 0 Å². The third-order valence-corrected chi connectivity index (χ3v) is 4.29. The molecule has 1 saturated heterocycles. The van der Waals surface area contributed by atoms with E-state index in [0.29, 0.717) is 0 Å². The maximum Gasteiger partial charge on any atom is 0.227 e. The summed E-state index contributed by atoms with van der Waals surface area (Å²) in [7, 11) is 2.07. The van der Waals surface area contributed by atoms with Crippen molar-refractivity contribution in [1.29, 1.82) is 0 Å². The summed E-state index contributed by atoms with van der Waals surface area (Å²) in [5.41, 5.74) is 3.39. The Morgan fingerprint density at radius 1 is 1.13 bits per heavy atom. The molecular weight excluding hydrogens is 288 g/mol. The third kappa shape index (κ3) is 3.29. The van der Waals surface area contributed by atoms with E-state index in [4.69, 9.17) is 14.7 Å². The summed E-state index contributed by atoms with van der Waals surface area (Å²) in [4.78, 5) is 14.0. The predicted octanol–water partition coefficient (Wildman–Crippen LogP) is 2.95. The Labute approximate surface area is 137 Å². The van der Waals surface area contributed by atoms with Crippen LogP contribution in [0.25, 0.3) is 0 Å². The summed E-state index contributed by atoms with van der Waals surface area (Å²) < 4.78 is 5.44. The van der Waals surface area contributed by atoms with Crippen LogP contribution in [0, 0.1) is 6.92 Å². The van der Waals surface area contributed by atoms with Crippen LogP contribution in [0.3, 0.4) is 0 Å². The minimum Gasteiger partial charge on any atom is -0.378 e. The highest BCUT2D eigenvalue weighted by Gasteiger charge is 2.19. The Hall–Kier alpha value is -2.14. The van der Waals surface area contributed by atoms with Crippen molar-refractivity contribution in [2.24, 2.45) is 0 Å². The highest BCUT2D eigenvalue weighted by atomic mass is 16.5. The highest BCUT2D eigenvalue weighted by Crippen LogP contribution is 2.29. The number of para-hydroxylation sites is 1. The molecule has 0 N–H and O–H groups in total. The van der Waals surface area contributed by atoms with E-state index in [1.54, 1.807) is 0 Å². The molecule has 0 aliphatic carbocycles. The summed E-state index contributed by atoms with van der Waals surface area (Å²) in [5.74, 6) is 1.80. The van der Waals surface area contributed by atoms with Crippen LogP contribution in [-0.4, -0.2) is 43.3 Å². The number of aryl methyl sites for hydroxylation is 1. The maximum atomic E-state index is 5.44. The largest absolute Gasteiger partial charge is 0.378 e. The van der Waals surface area contributed by atoms with Crippen molar-refractivity contribution in [2.45, 2.75) is 20.3 Å². The molecule has 5 nitrogen and oxygen atoms in total. The van der Waals surface area contributed by atoms with Crippen molar-refractivity contribution >= 4 is 17.5 Å². The fourth-order valence-corrected chi connectivity index (χ4v) is 2.94. The molecule has 0 atom stereocenters. The minimum atomic E-state index is 0.738. The van der Waals surface area contributed by atoms with Crippen LogP contribution in [0.4, 0.5) is 17.5 Å². The minimum absolute atomic E-state index is 0.738. The molecule has 1 aliphatic heterocycles. The topological polar surface area (TPSA) is 41.5 Å². The molecule has 0 amide bonds. The lowest BCUT2D eigenvalue weighted by molar-refractivity contribution is 0.122. The van der Waals surface area contributed by atoms with Crippen molar-refractivity contribution in [3.05, 3.63) is 41.6 Å². The molecule has 0 unspecified atom stereocenters. The summed E-state index contributed by atoms with van der Waals surface area (Å²) in [5, 5.41) is 0. The summed E-state index contributed by atoms with van der Waals surface area (Å²) in [6, 6.07) is 10.3. The number of morpholine rings is 1. The SMILES string of the molecule is CCc1c(C)nc(N2CCOCC2)nc1N(C)c1ccccc1. The van der Waals surface area contributed by atoms with Gasteiger partial charge in [0.15, 0.2) is 0 Å². The van der Waals surface area contributed by atoms with E-state index in [9.17, 15) is 0 Å². The predicted molar refractivity (Wildman–Crippen MR) is 93.7 cm³/mol. The second-order valence-electron chi connectivity index (χ2n) is 5.76. The first kappa shape index (κ1) is 15.7. The number of hydrogen-bond donors (Lipinski definition) is 0. The van der Waals surface area contributed by atoms with E-state index >= 15 is 0 Å².